The second-order valence-corrected chi connectivity index (χ2v) is 4.52. The summed E-state index contributed by atoms with van der Waals surface area (Å²) in [7, 11) is 0. The molecule has 0 saturated carbocycles. The molecule has 0 N–H and O–H groups in total. The van der Waals surface area contributed by atoms with E-state index in [2.05, 4.69) is 0 Å². The van der Waals surface area contributed by atoms with Crippen LogP contribution in [0.15, 0.2) is 0 Å². The van der Waals surface area contributed by atoms with E-state index >= 15 is 0 Å². The molecule has 0 fully saturated rings. The Kier molecular flexibility index (Phi) is 7.21. The van der Waals surface area contributed by atoms with Crippen LogP contribution < -0.4 is 0 Å². The summed E-state index contributed by atoms with van der Waals surface area (Å²) in [5, 5.41) is 8.57. The fourth-order valence-electron chi connectivity index (χ4n) is 1.58. The Labute approximate surface area is 101 Å². The Morgan fingerprint density at radius 3 is 2.18 bits per heavy atom. The number of nitrogens with zero attached hydrogens (tertiary/aromatic N) is 2. The van der Waals surface area contributed by atoms with E-state index in [9.17, 15) is 13.2 Å². The Hall–Kier alpha value is -0.760. The summed E-state index contributed by atoms with van der Waals surface area (Å²) in [6.07, 6.45) is -1.50. The fraction of sp³-hybridized carbons (Fsp3) is 0.917. The van der Waals surface area contributed by atoms with Crippen molar-refractivity contribution in [1.29, 1.82) is 5.26 Å². The highest BCUT2D eigenvalue weighted by molar-refractivity contribution is 4.91. The van der Waals surface area contributed by atoms with Crippen molar-refractivity contribution in [3.8, 4) is 6.07 Å². The third kappa shape index (κ3) is 6.52. The van der Waals surface area contributed by atoms with Crippen molar-refractivity contribution in [2.75, 3.05) is 13.1 Å². The van der Waals surface area contributed by atoms with Gasteiger partial charge >= 0.3 is 6.18 Å². The third-order valence-electron chi connectivity index (χ3n) is 2.75. The van der Waals surface area contributed by atoms with E-state index in [1.165, 1.54) is 6.07 Å². The lowest BCUT2D eigenvalue weighted by Gasteiger charge is -2.29. The number of nitriles is 1. The van der Waals surface area contributed by atoms with Crippen molar-refractivity contribution in [2.45, 2.75) is 52.3 Å². The normalized spacial score (nSPS) is 14.1. The van der Waals surface area contributed by atoms with Crippen LogP contribution >= 0.6 is 0 Å². The van der Waals surface area contributed by atoms with Gasteiger partial charge in [-0.25, -0.2) is 0 Å². The summed E-state index contributed by atoms with van der Waals surface area (Å²) in [5.74, 6) is -1.88. The molecule has 17 heavy (non-hydrogen) atoms. The van der Waals surface area contributed by atoms with Crippen LogP contribution in [0.2, 0.25) is 0 Å². The van der Waals surface area contributed by atoms with Crippen LogP contribution in [0.25, 0.3) is 0 Å². The lowest BCUT2D eigenvalue weighted by molar-refractivity contribution is -0.164. The van der Waals surface area contributed by atoms with Crippen LogP contribution in [0, 0.1) is 17.2 Å². The van der Waals surface area contributed by atoms with Crippen molar-refractivity contribution < 1.29 is 13.2 Å². The average molecular weight is 250 g/mol. The molecule has 0 radical (unpaired) electrons. The third-order valence-corrected chi connectivity index (χ3v) is 2.75. The van der Waals surface area contributed by atoms with E-state index in [-0.39, 0.29) is 12.6 Å². The predicted molar refractivity (Wildman–Crippen MR) is 61.4 cm³/mol. The summed E-state index contributed by atoms with van der Waals surface area (Å²) in [5.41, 5.74) is 0. The first-order valence-electron chi connectivity index (χ1n) is 6.03. The first kappa shape index (κ1) is 16.2. The van der Waals surface area contributed by atoms with E-state index in [4.69, 9.17) is 5.26 Å². The molecule has 0 rings (SSSR count). The van der Waals surface area contributed by atoms with Crippen LogP contribution in [-0.4, -0.2) is 30.2 Å². The number of unbranched alkanes of at least 4 members (excludes halogenated alkanes) is 2. The van der Waals surface area contributed by atoms with E-state index in [1.54, 1.807) is 4.90 Å². The second kappa shape index (κ2) is 7.54. The van der Waals surface area contributed by atoms with E-state index < -0.39 is 12.1 Å². The molecule has 1 unspecified atom stereocenters. The largest absolute Gasteiger partial charge is 0.405 e. The van der Waals surface area contributed by atoms with Gasteiger partial charge in [0.1, 0.15) is 0 Å². The predicted octanol–water partition coefficient (Wildman–Crippen LogP) is 3.59. The first-order chi connectivity index (χ1) is 7.82. The molecule has 1 atom stereocenters. The zero-order valence-electron chi connectivity index (χ0n) is 10.7. The van der Waals surface area contributed by atoms with Gasteiger partial charge in [0.15, 0.2) is 5.92 Å². The van der Waals surface area contributed by atoms with Crippen LogP contribution in [0.5, 0.6) is 0 Å². The highest BCUT2D eigenvalue weighted by Gasteiger charge is 2.41. The molecule has 0 aliphatic heterocycles. The Morgan fingerprint density at radius 1 is 1.24 bits per heavy atom. The maximum absolute atomic E-state index is 12.5. The lowest BCUT2D eigenvalue weighted by Crippen LogP contribution is -2.40. The molecule has 0 amide bonds. The van der Waals surface area contributed by atoms with Gasteiger partial charge in [-0.2, -0.15) is 18.4 Å². The van der Waals surface area contributed by atoms with Crippen molar-refractivity contribution >= 4 is 0 Å². The topological polar surface area (TPSA) is 27.0 Å². The van der Waals surface area contributed by atoms with Gasteiger partial charge in [-0.15, -0.1) is 0 Å². The van der Waals surface area contributed by atoms with Crippen LogP contribution in [0.4, 0.5) is 13.2 Å². The first-order valence-corrected chi connectivity index (χ1v) is 6.03. The second-order valence-electron chi connectivity index (χ2n) is 4.52. The molecular formula is C12H21F3N2. The fourth-order valence-corrected chi connectivity index (χ4v) is 1.58. The number of alkyl halides is 3. The van der Waals surface area contributed by atoms with E-state index in [1.807, 2.05) is 20.8 Å². The van der Waals surface area contributed by atoms with Gasteiger partial charge in [0.25, 0.3) is 0 Å². The SMILES string of the molecule is CCCCCN(CC(C#N)C(F)(F)F)C(C)C. The summed E-state index contributed by atoms with van der Waals surface area (Å²) < 4.78 is 37.5. The Bertz CT molecular complexity index is 243. The van der Waals surface area contributed by atoms with Crippen molar-refractivity contribution in [3.63, 3.8) is 0 Å². The molecule has 0 aromatic carbocycles. The molecule has 0 aromatic rings. The van der Waals surface area contributed by atoms with Crippen LogP contribution in [0.1, 0.15) is 40.0 Å². The molecule has 2 nitrogen and oxygen atoms in total. The van der Waals surface area contributed by atoms with Gasteiger partial charge in [-0.05, 0) is 26.8 Å². The van der Waals surface area contributed by atoms with Crippen LogP contribution in [-0.2, 0) is 0 Å². The number of rotatable bonds is 7. The van der Waals surface area contributed by atoms with Crippen molar-refractivity contribution in [3.05, 3.63) is 0 Å². The molecule has 0 heterocycles. The lowest BCUT2D eigenvalue weighted by atomic mass is 10.1. The monoisotopic (exact) mass is 250 g/mol. The smallest absolute Gasteiger partial charge is 0.299 e. The zero-order valence-corrected chi connectivity index (χ0v) is 10.7. The number of hydrogen-bond acceptors (Lipinski definition) is 2. The molecule has 0 saturated heterocycles. The molecule has 100 valence electrons. The average Bonchev–Trinajstić information content (AvgIpc) is 2.20. The molecule has 0 aliphatic rings. The summed E-state index contributed by atoms with van der Waals surface area (Å²) >= 11 is 0. The van der Waals surface area contributed by atoms with Gasteiger partial charge in [-0.1, -0.05) is 19.8 Å². The minimum absolute atomic E-state index is 0.0325. The van der Waals surface area contributed by atoms with Gasteiger partial charge in [0.2, 0.25) is 0 Å². The van der Waals surface area contributed by atoms with E-state index in [0.29, 0.717) is 6.54 Å². The quantitative estimate of drug-likeness (QED) is 0.646. The maximum Gasteiger partial charge on any atom is 0.405 e. The Balaban J connectivity index is 4.38. The highest BCUT2D eigenvalue weighted by atomic mass is 19.4. The minimum atomic E-state index is -4.42. The molecule has 5 heteroatoms. The zero-order chi connectivity index (χ0) is 13.5. The summed E-state index contributed by atoms with van der Waals surface area (Å²) in [6, 6.07) is 1.38. The number of halogens is 3. The van der Waals surface area contributed by atoms with Gasteiger partial charge in [0, 0.05) is 12.6 Å². The molecular weight excluding hydrogens is 229 g/mol. The standard InChI is InChI=1S/C12H21F3N2/c1-4-5-6-7-17(10(2)3)9-11(8-16)12(13,14)15/h10-11H,4-7,9H2,1-3H3. The molecule has 0 bridgehead atoms. The molecule has 0 aromatic heterocycles. The highest BCUT2D eigenvalue weighted by Crippen LogP contribution is 2.27. The molecule has 0 aliphatic carbocycles. The Morgan fingerprint density at radius 2 is 1.82 bits per heavy atom. The van der Waals surface area contributed by atoms with Gasteiger partial charge < -0.3 is 0 Å². The van der Waals surface area contributed by atoms with Gasteiger partial charge in [-0.3, -0.25) is 4.90 Å². The number of hydrogen-bond donors (Lipinski definition) is 0. The van der Waals surface area contributed by atoms with Gasteiger partial charge in [0.05, 0.1) is 6.07 Å². The van der Waals surface area contributed by atoms with Crippen LogP contribution in [0.3, 0.4) is 0 Å². The van der Waals surface area contributed by atoms with E-state index in [0.717, 1.165) is 19.3 Å². The summed E-state index contributed by atoms with van der Waals surface area (Å²) in [4.78, 5) is 1.73. The minimum Gasteiger partial charge on any atom is -0.299 e. The maximum atomic E-state index is 12.5. The molecule has 0 spiro atoms. The van der Waals surface area contributed by atoms with Crippen molar-refractivity contribution in [1.82, 2.24) is 4.90 Å². The summed E-state index contributed by atoms with van der Waals surface area (Å²) in [6.45, 7) is 6.17. The van der Waals surface area contributed by atoms with Crippen molar-refractivity contribution in [2.24, 2.45) is 5.92 Å².